The highest BCUT2D eigenvalue weighted by atomic mass is 16.4. The van der Waals surface area contributed by atoms with Gasteiger partial charge in [0.1, 0.15) is 11.3 Å². The molecule has 1 heterocycles. The van der Waals surface area contributed by atoms with E-state index in [2.05, 4.69) is 11.9 Å². The lowest BCUT2D eigenvalue weighted by molar-refractivity contribution is 0.0693. The maximum atomic E-state index is 10.9. The molecule has 0 aliphatic rings. The zero-order valence-electron chi connectivity index (χ0n) is 10.6. The summed E-state index contributed by atoms with van der Waals surface area (Å²) >= 11 is 0. The van der Waals surface area contributed by atoms with Crippen LogP contribution in [0, 0.1) is 0 Å². The van der Waals surface area contributed by atoms with Gasteiger partial charge >= 0.3 is 5.97 Å². The molecule has 1 aromatic carbocycles. The van der Waals surface area contributed by atoms with E-state index in [1.165, 1.54) is 17.7 Å². The molecule has 1 aromatic heterocycles. The van der Waals surface area contributed by atoms with Crippen molar-refractivity contribution in [3.63, 3.8) is 0 Å². The second kappa shape index (κ2) is 5.52. The first-order valence-corrected chi connectivity index (χ1v) is 6.09. The van der Waals surface area contributed by atoms with Gasteiger partial charge in [-0.2, -0.15) is 0 Å². The van der Waals surface area contributed by atoms with Gasteiger partial charge in [-0.25, -0.2) is 4.79 Å². The van der Waals surface area contributed by atoms with Gasteiger partial charge in [-0.1, -0.05) is 19.1 Å². The summed E-state index contributed by atoms with van der Waals surface area (Å²) < 4.78 is 0. The maximum absolute atomic E-state index is 10.9. The number of benzene rings is 1. The molecule has 0 fully saturated rings. The van der Waals surface area contributed by atoms with Crippen molar-refractivity contribution in [3.8, 4) is 5.75 Å². The van der Waals surface area contributed by atoms with Crippen LogP contribution in [0.3, 0.4) is 0 Å². The molecule has 2 rings (SSSR count). The van der Waals surface area contributed by atoms with E-state index in [0.717, 1.165) is 17.7 Å². The van der Waals surface area contributed by atoms with Gasteiger partial charge in [0, 0.05) is 18.3 Å². The van der Waals surface area contributed by atoms with E-state index >= 15 is 0 Å². The number of carbonyl (C=O) groups is 1. The molecule has 0 bridgehead atoms. The number of aromatic carboxylic acids is 1. The lowest BCUT2D eigenvalue weighted by Crippen LogP contribution is -1.99. The minimum atomic E-state index is -1.13. The Kier molecular flexibility index (Phi) is 3.80. The number of aromatic hydroxyl groups is 1. The van der Waals surface area contributed by atoms with Gasteiger partial charge in [-0.3, -0.25) is 4.98 Å². The number of phenols is 1. The Bertz CT molecular complexity index is 591. The molecule has 19 heavy (non-hydrogen) atoms. The summed E-state index contributed by atoms with van der Waals surface area (Å²) in [5, 5.41) is 18.4. The molecular weight excluding hydrogens is 242 g/mol. The first kappa shape index (κ1) is 13.1. The zero-order valence-corrected chi connectivity index (χ0v) is 10.6. The average Bonchev–Trinajstić information content (AvgIpc) is 2.41. The number of aromatic nitrogens is 1. The molecule has 98 valence electrons. The second-order valence-corrected chi connectivity index (χ2v) is 4.34. The van der Waals surface area contributed by atoms with Gasteiger partial charge in [0.2, 0.25) is 0 Å². The van der Waals surface area contributed by atoms with Crippen LogP contribution >= 0.6 is 0 Å². The van der Waals surface area contributed by atoms with Gasteiger partial charge in [0.05, 0.1) is 0 Å². The number of carboxylic acids is 1. The fourth-order valence-corrected chi connectivity index (χ4v) is 1.84. The topological polar surface area (TPSA) is 70.4 Å². The Morgan fingerprint density at radius 1 is 1.21 bits per heavy atom. The van der Waals surface area contributed by atoms with Crippen molar-refractivity contribution in [3.05, 3.63) is 58.9 Å². The minimum Gasteiger partial charge on any atom is -0.507 e. The average molecular weight is 257 g/mol. The Hall–Kier alpha value is -2.36. The summed E-state index contributed by atoms with van der Waals surface area (Å²) in [6.45, 7) is 2.07. The number of hydrogen-bond donors (Lipinski definition) is 2. The molecule has 0 unspecified atom stereocenters. The highest BCUT2D eigenvalue weighted by molar-refractivity contribution is 5.90. The summed E-state index contributed by atoms with van der Waals surface area (Å²) in [7, 11) is 0. The van der Waals surface area contributed by atoms with E-state index in [-0.39, 0.29) is 11.3 Å². The van der Waals surface area contributed by atoms with Crippen molar-refractivity contribution < 1.29 is 15.0 Å². The smallest absolute Gasteiger partial charge is 0.339 e. The van der Waals surface area contributed by atoms with Crippen molar-refractivity contribution in [1.82, 2.24) is 4.98 Å². The number of carboxylic acid groups (broad SMARTS) is 1. The highest BCUT2D eigenvalue weighted by Crippen LogP contribution is 2.20. The maximum Gasteiger partial charge on any atom is 0.339 e. The van der Waals surface area contributed by atoms with Crippen LogP contribution in [0.1, 0.15) is 34.1 Å². The predicted molar refractivity (Wildman–Crippen MR) is 71.5 cm³/mol. The summed E-state index contributed by atoms with van der Waals surface area (Å²) in [5.41, 5.74) is 2.77. The van der Waals surface area contributed by atoms with Gasteiger partial charge in [-0.15, -0.1) is 0 Å². The number of aryl methyl sites for hydroxylation is 1. The van der Waals surface area contributed by atoms with Crippen LogP contribution in [-0.4, -0.2) is 21.2 Å². The molecule has 4 heteroatoms. The SMILES string of the molecule is CCc1ccc(Cc2ccc(O)c(C(=O)O)c2)nc1. The van der Waals surface area contributed by atoms with Crippen LogP contribution in [0.4, 0.5) is 0 Å². The number of nitrogens with zero attached hydrogens (tertiary/aromatic N) is 1. The molecule has 0 atom stereocenters. The van der Waals surface area contributed by atoms with Crippen LogP contribution < -0.4 is 0 Å². The summed E-state index contributed by atoms with van der Waals surface area (Å²) in [6, 6.07) is 8.54. The molecule has 0 saturated heterocycles. The largest absolute Gasteiger partial charge is 0.507 e. The Morgan fingerprint density at radius 3 is 2.53 bits per heavy atom. The predicted octanol–water partition coefficient (Wildman–Crippen LogP) is 2.64. The fourth-order valence-electron chi connectivity index (χ4n) is 1.84. The lowest BCUT2D eigenvalue weighted by Gasteiger charge is -2.05. The van der Waals surface area contributed by atoms with Crippen molar-refractivity contribution in [2.24, 2.45) is 0 Å². The van der Waals surface area contributed by atoms with Gasteiger partial charge in [0.15, 0.2) is 0 Å². The molecule has 0 amide bonds. The van der Waals surface area contributed by atoms with Crippen LogP contribution in [0.15, 0.2) is 36.5 Å². The Labute approximate surface area is 111 Å². The van der Waals surface area contributed by atoms with Crippen LogP contribution in [0.2, 0.25) is 0 Å². The number of hydrogen-bond acceptors (Lipinski definition) is 3. The number of rotatable bonds is 4. The van der Waals surface area contributed by atoms with E-state index in [4.69, 9.17) is 5.11 Å². The van der Waals surface area contributed by atoms with Crippen LogP contribution in [-0.2, 0) is 12.8 Å². The van der Waals surface area contributed by atoms with Crippen molar-refractivity contribution in [2.75, 3.05) is 0 Å². The quantitative estimate of drug-likeness (QED) is 0.883. The molecule has 2 N–H and O–H groups in total. The molecule has 4 nitrogen and oxygen atoms in total. The van der Waals surface area contributed by atoms with Crippen LogP contribution in [0.25, 0.3) is 0 Å². The lowest BCUT2D eigenvalue weighted by atomic mass is 10.0. The highest BCUT2D eigenvalue weighted by Gasteiger charge is 2.10. The molecule has 0 aliphatic heterocycles. The third-order valence-corrected chi connectivity index (χ3v) is 2.97. The van der Waals surface area contributed by atoms with E-state index in [9.17, 15) is 9.90 Å². The summed E-state index contributed by atoms with van der Waals surface area (Å²) in [6.07, 6.45) is 3.31. The van der Waals surface area contributed by atoms with Gasteiger partial charge in [-0.05, 0) is 35.7 Å². The molecule has 0 spiro atoms. The van der Waals surface area contributed by atoms with Crippen molar-refractivity contribution in [1.29, 1.82) is 0 Å². The molecule has 0 radical (unpaired) electrons. The zero-order chi connectivity index (χ0) is 13.8. The molecule has 0 aliphatic carbocycles. The number of pyridine rings is 1. The van der Waals surface area contributed by atoms with Gasteiger partial charge < -0.3 is 10.2 Å². The fraction of sp³-hybridized carbons (Fsp3) is 0.200. The van der Waals surface area contributed by atoms with E-state index in [1.807, 2.05) is 18.3 Å². The standard InChI is InChI=1S/C15H15NO3/c1-2-10-3-5-12(16-9-10)7-11-4-6-14(17)13(8-11)15(18)19/h3-6,8-9,17H,2,7H2,1H3,(H,18,19). The normalized spacial score (nSPS) is 10.4. The van der Waals surface area contributed by atoms with Crippen molar-refractivity contribution >= 4 is 5.97 Å². The third-order valence-electron chi connectivity index (χ3n) is 2.97. The molecule has 2 aromatic rings. The first-order valence-electron chi connectivity index (χ1n) is 6.09. The molecular formula is C15H15NO3. The van der Waals surface area contributed by atoms with E-state index in [0.29, 0.717) is 6.42 Å². The van der Waals surface area contributed by atoms with Crippen LogP contribution in [0.5, 0.6) is 5.75 Å². The Balaban J connectivity index is 2.22. The summed E-state index contributed by atoms with van der Waals surface area (Å²) in [5.74, 6) is -1.35. The first-order chi connectivity index (χ1) is 9.10. The van der Waals surface area contributed by atoms with E-state index in [1.54, 1.807) is 6.07 Å². The monoisotopic (exact) mass is 257 g/mol. The van der Waals surface area contributed by atoms with E-state index < -0.39 is 5.97 Å². The van der Waals surface area contributed by atoms with Crippen molar-refractivity contribution in [2.45, 2.75) is 19.8 Å². The Morgan fingerprint density at radius 2 is 1.95 bits per heavy atom. The third kappa shape index (κ3) is 3.10. The second-order valence-electron chi connectivity index (χ2n) is 4.34. The summed E-state index contributed by atoms with van der Waals surface area (Å²) in [4.78, 5) is 15.3. The minimum absolute atomic E-state index is 0.0809. The molecule has 0 saturated carbocycles. The van der Waals surface area contributed by atoms with Gasteiger partial charge in [0.25, 0.3) is 0 Å².